The summed E-state index contributed by atoms with van der Waals surface area (Å²) in [6, 6.07) is -2.82. The number of rotatable bonds is 51. The summed E-state index contributed by atoms with van der Waals surface area (Å²) in [4.78, 5) is 25.9. The number of aliphatic hydroxyl groups is 12. The van der Waals surface area contributed by atoms with Gasteiger partial charge in [0.05, 0.1) is 38.6 Å². The summed E-state index contributed by atoms with van der Waals surface area (Å²) in [5, 5.41) is 136. The van der Waals surface area contributed by atoms with E-state index in [2.05, 4.69) is 24.5 Å². The van der Waals surface area contributed by atoms with Gasteiger partial charge in [-0.25, -0.2) is 0 Å². The molecule has 0 aliphatic carbocycles. The van der Waals surface area contributed by atoms with Crippen molar-refractivity contribution in [2.24, 2.45) is 0 Å². The van der Waals surface area contributed by atoms with Gasteiger partial charge in [0, 0.05) is 6.92 Å². The third kappa shape index (κ3) is 30.1. The second-order valence-corrected chi connectivity index (χ2v) is 25.0. The van der Waals surface area contributed by atoms with E-state index in [1.807, 2.05) is 0 Å². The summed E-state index contributed by atoms with van der Waals surface area (Å²) < 4.78 is 35.3. The van der Waals surface area contributed by atoms with Crippen LogP contribution in [-0.2, 0) is 38.0 Å². The van der Waals surface area contributed by atoms with Crippen LogP contribution in [0, 0.1) is 0 Å². The smallest absolute Gasteiger partial charge is 0.249 e. The highest BCUT2D eigenvalue weighted by Gasteiger charge is 2.52. The Labute approximate surface area is 514 Å². The molecule has 14 N–H and O–H groups in total. The zero-order valence-corrected chi connectivity index (χ0v) is 52.9. The van der Waals surface area contributed by atoms with Crippen LogP contribution in [0.4, 0.5) is 0 Å². The fourth-order valence-electron chi connectivity index (χ4n) is 11.9. The van der Waals surface area contributed by atoms with Gasteiger partial charge in [-0.05, 0) is 12.8 Å². The summed E-state index contributed by atoms with van der Waals surface area (Å²) in [7, 11) is 0. The van der Waals surface area contributed by atoms with E-state index in [0.29, 0.717) is 12.8 Å². The summed E-state index contributed by atoms with van der Waals surface area (Å²) in [6.45, 7) is 2.68. The van der Waals surface area contributed by atoms with E-state index in [0.717, 1.165) is 58.3 Å². The Bertz CT molecular complexity index is 1680. The number of nitrogens with one attached hydrogen (secondary N) is 2. The van der Waals surface area contributed by atoms with Gasteiger partial charge in [0.15, 0.2) is 18.9 Å². The molecule has 86 heavy (non-hydrogen) atoms. The van der Waals surface area contributed by atoms with Crippen LogP contribution in [0.3, 0.4) is 0 Å². The molecule has 19 atom stereocenters. The average Bonchev–Trinajstić information content (AvgIpc) is 1.41. The van der Waals surface area contributed by atoms with E-state index >= 15 is 0 Å². The lowest BCUT2D eigenvalue weighted by molar-refractivity contribution is -0.371. The van der Waals surface area contributed by atoms with Gasteiger partial charge in [0.2, 0.25) is 11.8 Å². The van der Waals surface area contributed by atoms with Gasteiger partial charge < -0.3 is 100 Å². The lowest BCUT2D eigenvalue weighted by Crippen LogP contribution is -2.66. The van der Waals surface area contributed by atoms with Gasteiger partial charge in [0.1, 0.15) is 85.4 Å². The predicted molar refractivity (Wildman–Crippen MR) is 324 cm³/mol. The molecular weight excluding hydrogens is 1120 g/mol. The van der Waals surface area contributed by atoms with Crippen LogP contribution in [0.25, 0.3) is 0 Å². The lowest BCUT2D eigenvalue weighted by Gasteiger charge is -2.47. The van der Waals surface area contributed by atoms with Gasteiger partial charge in [0.25, 0.3) is 0 Å². The second kappa shape index (κ2) is 47.2. The Kier molecular flexibility index (Phi) is 43.0. The van der Waals surface area contributed by atoms with Gasteiger partial charge in [-0.3, -0.25) is 9.59 Å². The molecule has 0 radical (unpaired) electrons. The molecule has 0 saturated carbocycles. The molecule has 0 spiro atoms. The molecule has 508 valence electrons. The van der Waals surface area contributed by atoms with Crippen LogP contribution < -0.4 is 10.6 Å². The molecule has 2 amide bonds. The second-order valence-electron chi connectivity index (χ2n) is 25.0. The van der Waals surface area contributed by atoms with E-state index in [-0.39, 0.29) is 12.8 Å². The van der Waals surface area contributed by atoms with Gasteiger partial charge in [-0.15, -0.1) is 0 Å². The van der Waals surface area contributed by atoms with Crippen LogP contribution in [0.5, 0.6) is 0 Å². The maximum Gasteiger partial charge on any atom is 0.249 e. The maximum absolute atomic E-state index is 13.8. The van der Waals surface area contributed by atoms with Crippen LogP contribution in [-0.4, -0.2) is 216 Å². The molecule has 0 aromatic rings. The first kappa shape index (κ1) is 78.5. The van der Waals surface area contributed by atoms with Crippen molar-refractivity contribution in [1.29, 1.82) is 0 Å². The van der Waals surface area contributed by atoms with Gasteiger partial charge >= 0.3 is 0 Å². The molecule has 3 fully saturated rings. The van der Waals surface area contributed by atoms with Crippen molar-refractivity contribution < 1.29 is 99.3 Å². The molecule has 3 saturated heterocycles. The highest BCUT2D eigenvalue weighted by Crippen LogP contribution is 2.32. The quantitative estimate of drug-likeness (QED) is 0.0346. The van der Waals surface area contributed by atoms with E-state index in [1.165, 1.54) is 154 Å². The number of aliphatic hydroxyl groups excluding tert-OH is 12. The van der Waals surface area contributed by atoms with E-state index < -0.39 is 155 Å². The summed E-state index contributed by atoms with van der Waals surface area (Å²) >= 11 is 0. The Balaban J connectivity index is 1.66. The Morgan fingerprint density at radius 3 is 1.26 bits per heavy atom. The highest BCUT2D eigenvalue weighted by atomic mass is 16.8. The zero-order chi connectivity index (χ0) is 63.1. The highest BCUT2D eigenvalue weighted by molar-refractivity contribution is 5.80. The molecule has 0 aromatic heterocycles. The monoisotopic (exact) mass is 1240 g/mol. The minimum Gasteiger partial charge on any atom is -0.394 e. The molecule has 0 unspecified atom stereocenters. The fraction of sp³-hybridized carbons (Fsp3) is 0.969. The van der Waals surface area contributed by atoms with E-state index in [9.17, 15) is 70.9 Å². The van der Waals surface area contributed by atoms with Crippen molar-refractivity contribution in [2.45, 2.75) is 368 Å². The van der Waals surface area contributed by atoms with E-state index in [4.69, 9.17) is 28.4 Å². The van der Waals surface area contributed by atoms with Gasteiger partial charge in [-0.2, -0.15) is 0 Å². The average molecular weight is 1240 g/mol. The first-order valence-electron chi connectivity index (χ1n) is 34.0. The standard InChI is InChI=1S/C64H122N2O20/c1-4-6-8-10-12-14-16-18-20-21-22-23-24-25-27-29-31-33-35-37-39-47(71)61(80)66-45(52(72)46(70)38-36-34-32-30-28-26-19-17-15-13-11-9-7-5-2)42-81-64-60(86-63-59(79)57(77)54(74)49(41-68)84-63)58(78)55(75)50(85-64)43-82-62-51(65-44(3)69)56(76)53(73)48(40-67)83-62/h45-60,62-64,67-68,70-79H,4-43H2,1-3H3,(H,65,69)(H,66,80)/t45-,46+,47+,48+,49+,50+,51+,52-,53-,54-,55-,56+,57-,58-,59+,60+,62+,63+,64-/m0/s1. The normalized spacial score (nSPS) is 29.4. The van der Waals surface area contributed by atoms with E-state index in [1.54, 1.807) is 0 Å². The number of carbonyl (C=O) groups is 2. The molecule has 22 nitrogen and oxygen atoms in total. The third-order valence-corrected chi connectivity index (χ3v) is 17.5. The van der Waals surface area contributed by atoms with Crippen molar-refractivity contribution in [2.75, 3.05) is 26.4 Å². The molecule has 3 aliphatic rings. The first-order chi connectivity index (χ1) is 41.5. The van der Waals surface area contributed by atoms with Crippen molar-refractivity contribution in [1.82, 2.24) is 10.6 Å². The Hall–Kier alpha value is -1.78. The summed E-state index contributed by atoms with van der Waals surface area (Å²) in [5.41, 5.74) is 0. The Morgan fingerprint density at radius 1 is 0.442 bits per heavy atom. The molecule has 3 heterocycles. The SMILES string of the molecule is CCCCCCCCCCCCCCCCCCCCCC[C@@H](O)C(=O)N[C@@H](CO[C@H]1O[C@H](CO[C@@H]2O[C@H](CO)[C@H](O)[C@H](O)[C@H]2NC(C)=O)[C@H](O)[C@H](O)[C@H]1O[C@H]1O[C@H](CO)[C@H](O)[C@H](O)[C@H]1O)[C@H](O)[C@H](O)CCCCCCCCCCCCCCCC. The molecule has 22 heteroatoms. The van der Waals surface area contributed by atoms with Crippen molar-refractivity contribution in [3.05, 3.63) is 0 Å². The number of hydrogen-bond acceptors (Lipinski definition) is 20. The number of ether oxygens (including phenoxy) is 6. The maximum atomic E-state index is 13.8. The largest absolute Gasteiger partial charge is 0.394 e. The number of hydrogen-bond donors (Lipinski definition) is 14. The summed E-state index contributed by atoms with van der Waals surface area (Å²) in [5.74, 6) is -1.47. The fourth-order valence-corrected chi connectivity index (χ4v) is 11.9. The first-order valence-corrected chi connectivity index (χ1v) is 34.0. The lowest BCUT2D eigenvalue weighted by atomic mass is 9.96. The zero-order valence-electron chi connectivity index (χ0n) is 52.9. The number of carbonyl (C=O) groups excluding carboxylic acids is 2. The topological polar surface area (TPSA) is 356 Å². The van der Waals surface area contributed by atoms with Crippen LogP contribution in [0.2, 0.25) is 0 Å². The predicted octanol–water partition coefficient (Wildman–Crippen LogP) is 5.25. The molecular formula is C64H122N2O20. The number of amides is 2. The Morgan fingerprint density at radius 2 is 0.826 bits per heavy atom. The number of unbranched alkanes of at least 4 members (excludes halogenated alkanes) is 32. The molecule has 0 aromatic carbocycles. The minimum atomic E-state index is -2.01. The van der Waals surface area contributed by atoms with Crippen molar-refractivity contribution in [3.63, 3.8) is 0 Å². The van der Waals surface area contributed by atoms with Crippen molar-refractivity contribution >= 4 is 11.8 Å². The minimum absolute atomic E-state index is 0.130. The van der Waals surface area contributed by atoms with Crippen LogP contribution >= 0.6 is 0 Å². The van der Waals surface area contributed by atoms with Gasteiger partial charge in [-0.1, -0.05) is 232 Å². The van der Waals surface area contributed by atoms with Crippen LogP contribution in [0.1, 0.15) is 252 Å². The molecule has 3 rings (SSSR count). The van der Waals surface area contributed by atoms with Crippen LogP contribution in [0.15, 0.2) is 0 Å². The molecule has 3 aliphatic heterocycles. The summed E-state index contributed by atoms with van der Waals surface area (Å²) in [6.07, 6.45) is 11.4. The molecule has 0 bridgehead atoms. The van der Waals surface area contributed by atoms with Crippen molar-refractivity contribution in [3.8, 4) is 0 Å². The third-order valence-electron chi connectivity index (χ3n) is 17.5.